The van der Waals surface area contributed by atoms with Gasteiger partial charge >= 0.3 is 5.69 Å². The first kappa shape index (κ1) is 16.8. The molecule has 0 saturated carbocycles. The van der Waals surface area contributed by atoms with Crippen LogP contribution in [0, 0.1) is 0 Å². The number of imidazole rings is 1. The summed E-state index contributed by atoms with van der Waals surface area (Å²) in [7, 11) is 3.44. The van der Waals surface area contributed by atoms with Gasteiger partial charge in [0.05, 0.1) is 11.0 Å². The maximum absolute atomic E-state index is 13.1. The zero-order chi connectivity index (χ0) is 19.0. The highest BCUT2D eigenvalue weighted by atomic mass is 16.2. The van der Waals surface area contributed by atoms with Gasteiger partial charge in [0.15, 0.2) is 6.04 Å². The molecule has 2 heterocycles. The number of hydrogen-bond donors (Lipinski definition) is 1. The van der Waals surface area contributed by atoms with E-state index in [2.05, 4.69) is 10.4 Å². The molecule has 0 radical (unpaired) electrons. The van der Waals surface area contributed by atoms with Crippen molar-refractivity contribution in [3.63, 3.8) is 0 Å². The second-order valence-corrected chi connectivity index (χ2v) is 6.39. The Morgan fingerprint density at radius 2 is 1.74 bits per heavy atom. The Morgan fingerprint density at radius 3 is 2.44 bits per heavy atom. The number of nitrogens with one attached hydrogen (secondary N) is 1. The van der Waals surface area contributed by atoms with Gasteiger partial charge in [0.25, 0.3) is 5.91 Å². The van der Waals surface area contributed by atoms with E-state index in [0.717, 1.165) is 16.6 Å². The van der Waals surface area contributed by atoms with E-state index in [1.807, 2.05) is 36.4 Å². The Hall–Kier alpha value is -3.61. The van der Waals surface area contributed by atoms with E-state index in [-0.39, 0.29) is 11.6 Å². The lowest BCUT2D eigenvalue weighted by Gasteiger charge is -2.18. The van der Waals surface area contributed by atoms with Crippen LogP contribution in [0.3, 0.4) is 0 Å². The number of aryl methyl sites for hydroxylation is 2. The van der Waals surface area contributed by atoms with Crippen molar-refractivity contribution in [1.82, 2.24) is 18.9 Å². The maximum atomic E-state index is 13.1. The van der Waals surface area contributed by atoms with Crippen LogP contribution in [0.25, 0.3) is 11.0 Å². The largest absolute Gasteiger partial charge is 0.328 e. The normalized spacial score (nSPS) is 12.2. The molecule has 1 amide bonds. The van der Waals surface area contributed by atoms with Crippen molar-refractivity contribution in [2.45, 2.75) is 6.04 Å². The number of anilines is 1. The Kier molecular flexibility index (Phi) is 4.12. The SMILES string of the molecule is Cn1c(=O)n(C)c2cc(NC(=O)C(c3ccccc3)n3cccn3)ccc21. The summed E-state index contributed by atoms with van der Waals surface area (Å²) in [5, 5.41) is 7.19. The minimum Gasteiger partial charge on any atom is -0.324 e. The molecular weight excluding hydrogens is 342 g/mol. The van der Waals surface area contributed by atoms with Gasteiger partial charge < -0.3 is 5.32 Å². The van der Waals surface area contributed by atoms with Crippen LogP contribution in [0.5, 0.6) is 0 Å². The zero-order valence-electron chi connectivity index (χ0n) is 15.0. The van der Waals surface area contributed by atoms with E-state index in [4.69, 9.17) is 0 Å². The van der Waals surface area contributed by atoms with E-state index in [1.54, 1.807) is 58.5 Å². The van der Waals surface area contributed by atoms with Gasteiger partial charge in [0, 0.05) is 32.2 Å². The molecule has 0 fully saturated rings. The van der Waals surface area contributed by atoms with Crippen molar-refractivity contribution in [2.24, 2.45) is 14.1 Å². The molecule has 0 aliphatic rings. The first-order chi connectivity index (χ1) is 13.1. The fourth-order valence-electron chi connectivity index (χ4n) is 3.29. The molecule has 1 atom stereocenters. The summed E-state index contributed by atoms with van der Waals surface area (Å²) in [5.74, 6) is -0.204. The average molecular weight is 361 g/mol. The number of carbonyl (C=O) groups excluding carboxylic acids is 1. The van der Waals surface area contributed by atoms with Crippen LogP contribution >= 0.6 is 0 Å². The third-order valence-electron chi connectivity index (χ3n) is 4.69. The molecule has 0 bridgehead atoms. The van der Waals surface area contributed by atoms with Crippen molar-refractivity contribution < 1.29 is 4.79 Å². The molecule has 1 N–H and O–H groups in total. The first-order valence-electron chi connectivity index (χ1n) is 8.56. The highest BCUT2D eigenvalue weighted by molar-refractivity contribution is 5.97. The van der Waals surface area contributed by atoms with Gasteiger partial charge in [-0.25, -0.2) is 4.79 Å². The Balaban J connectivity index is 1.70. The topological polar surface area (TPSA) is 73.8 Å². The predicted molar refractivity (Wildman–Crippen MR) is 104 cm³/mol. The van der Waals surface area contributed by atoms with Gasteiger partial charge in [-0.05, 0) is 29.8 Å². The molecule has 7 heteroatoms. The number of rotatable bonds is 4. The van der Waals surface area contributed by atoms with Crippen molar-refractivity contribution in [2.75, 3.05) is 5.32 Å². The molecule has 0 saturated heterocycles. The molecule has 0 spiro atoms. The minimum absolute atomic E-state index is 0.104. The maximum Gasteiger partial charge on any atom is 0.328 e. The molecular formula is C20H19N5O2. The van der Waals surface area contributed by atoms with Crippen LogP contribution in [-0.2, 0) is 18.9 Å². The van der Waals surface area contributed by atoms with Crippen LogP contribution in [0.4, 0.5) is 5.69 Å². The van der Waals surface area contributed by atoms with E-state index in [1.165, 1.54) is 0 Å². The Labute approximate surface area is 155 Å². The highest BCUT2D eigenvalue weighted by Crippen LogP contribution is 2.22. The smallest absolute Gasteiger partial charge is 0.324 e. The van der Waals surface area contributed by atoms with Gasteiger partial charge in [-0.3, -0.25) is 18.6 Å². The number of amides is 1. The summed E-state index contributed by atoms with van der Waals surface area (Å²) in [6.45, 7) is 0. The van der Waals surface area contributed by atoms with Crippen molar-refractivity contribution >= 4 is 22.6 Å². The lowest BCUT2D eigenvalue weighted by Crippen LogP contribution is -2.27. The number of carbonyl (C=O) groups is 1. The van der Waals surface area contributed by atoms with Crippen molar-refractivity contribution in [3.8, 4) is 0 Å². The fourth-order valence-corrected chi connectivity index (χ4v) is 3.29. The molecule has 136 valence electrons. The number of nitrogens with zero attached hydrogens (tertiary/aromatic N) is 4. The molecule has 4 aromatic rings. The summed E-state index contributed by atoms with van der Waals surface area (Å²) in [6, 6.07) is 16.1. The molecule has 27 heavy (non-hydrogen) atoms. The van der Waals surface area contributed by atoms with Crippen LogP contribution in [0.2, 0.25) is 0 Å². The Bertz CT molecular complexity index is 1160. The minimum atomic E-state index is -0.587. The van der Waals surface area contributed by atoms with Crippen LogP contribution in [-0.4, -0.2) is 24.8 Å². The molecule has 7 nitrogen and oxygen atoms in total. The molecule has 2 aromatic heterocycles. The second-order valence-electron chi connectivity index (χ2n) is 6.39. The van der Waals surface area contributed by atoms with Crippen LogP contribution in [0.1, 0.15) is 11.6 Å². The molecule has 4 rings (SSSR count). The van der Waals surface area contributed by atoms with Gasteiger partial charge in [-0.1, -0.05) is 30.3 Å². The Morgan fingerprint density at radius 1 is 1.00 bits per heavy atom. The predicted octanol–water partition coefficient (Wildman–Crippen LogP) is 2.30. The van der Waals surface area contributed by atoms with Crippen LogP contribution < -0.4 is 11.0 Å². The molecule has 1 unspecified atom stereocenters. The number of hydrogen-bond acceptors (Lipinski definition) is 3. The molecule has 2 aromatic carbocycles. The third-order valence-corrected chi connectivity index (χ3v) is 4.69. The number of benzene rings is 2. The van der Waals surface area contributed by atoms with E-state index >= 15 is 0 Å². The van der Waals surface area contributed by atoms with Gasteiger partial charge in [-0.15, -0.1) is 0 Å². The fraction of sp³-hybridized carbons (Fsp3) is 0.150. The quantitative estimate of drug-likeness (QED) is 0.606. The monoisotopic (exact) mass is 361 g/mol. The van der Waals surface area contributed by atoms with Gasteiger partial charge in [0.2, 0.25) is 0 Å². The average Bonchev–Trinajstić information content (AvgIpc) is 3.27. The first-order valence-corrected chi connectivity index (χ1v) is 8.56. The highest BCUT2D eigenvalue weighted by Gasteiger charge is 2.23. The van der Waals surface area contributed by atoms with E-state index in [9.17, 15) is 9.59 Å². The summed E-state index contributed by atoms with van der Waals surface area (Å²) in [5.41, 5.74) is 2.93. The lowest BCUT2D eigenvalue weighted by atomic mass is 10.1. The van der Waals surface area contributed by atoms with E-state index < -0.39 is 6.04 Å². The van der Waals surface area contributed by atoms with Crippen molar-refractivity contribution in [3.05, 3.63) is 83.0 Å². The summed E-state index contributed by atoms with van der Waals surface area (Å²) >= 11 is 0. The van der Waals surface area contributed by atoms with Gasteiger partial charge in [-0.2, -0.15) is 5.10 Å². The lowest BCUT2D eigenvalue weighted by molar-refractivity contribution is -0.118. The standard InChI is InChI=1S/C20H19N5O2/c1-23-16-10-9-15(13-17(16)24(2)20(23)27)22-19(26)18(25-12-6-11-21-25)14-7-4-3-5-8-14/h3-13,18H,1-2H3,(H,22,26). The van der Waals surface area contributed by atoms with Crippen molar-refractivity contribution in [1.29, 1.82) is 0 Å². The van der Waals surface area contributed by atoms with E-state index in [0.29, 0.717) is 5.69 Å². The third kappa shape index (κ3) is 2.93. The molecule has 0 aliphatic carbocycles. The number of fused-ring (bicyclic) bond motifs is 1. The second kappa shape index (κ2) is 6.60. The summed E-state index contributed by atoms with van der Waals surface area (Å²) < 4.78 is 4.77. The zero-order valence-corrected chi connectivity index (χ0v) is 15.0. The van der Waals surface area contributed by atoms with Crippen LogP contribution in [0.15, 0.2) is 71.8 Å². The summed E-state index contributed by atoms with van der Waals surface area (Å²) in [4.78, 5) is 25.2. The number of aromatic nitrogens is 4. The molecule has 0 aliphatic heterocycles. The van der Waals surface area contributed by atoms with Gasteiger partial charge in [0.1, 0.15) is 0 Å². The summed E-state index contributed by atoms with van der Waals surface area (Å²) in [6.07, 6.45) is 3.41.